The molecular formula is C18H11ClFN3O2. The Balaban J connectivity index is 1.82. The monoisotopic (exact) mass is 355 g/mol. The van der Waals surface area contributed by atoms with E-state index in [0.29, 0.717) is 11.3 Å². The molecule has 0 radical (unpaired) electrons. The van der Waals surface area contributed by atoms with Crippen LogP contribution in [0.15, 0.2) is 52.3 Å². The lowest BCUT2D eigenvalue weighted by atomic mass is 10.1. The normalized spacial score (nSPS) is 14.2. The van der Waals surface area contributed by atoms with Crippen LogP contribution in [0.2, 0.25) is 5.02 Å². The van der Waals surface area contributed by atoms with E-state index in [1.165, 1.54) is 12.1 Å². The minimum Gasteiger partial charge on any atom is -0.493 e. The molecule has 0 atom stereocenters. The topological polar surface area (TPSA) is 70.4 Å². The SMILES string of the molecule is O=c1[nH]n(-c2ccc(F)c(Cl)c2)c(O)c1/C=C1/C=Nc2ccccc21. The van der Waals surface area contributed by atoms with Gasteiger partial charge in [0.05, 0.1) is 16.4 Å². The predicted octanol–water partition coefficient (Wildman–Crippen LogP) is 3.92. The van der Waals surface area contributed by atoms with Crippen molar-refractivity contribution < 1.29 is 9.50 Å². The number of allylic oxidation sites excluding steroid dienone is 1. The van der Waals surface area contributed by atoms with E-state index in [1.807, 2.05) is 24.3 Å². The molecule has 2 N–H and O–H groups in total. The molecule has 3 aromatic rings. The molecule has 0 amide bonds. The van der Waals surface area contributed by atoms with Crippen LogP contribution in [-0.2, 0) is 0 Å². The van der Waals surface area contributed by atoms with Crippen molar-refractivity contribution in [2.45, 2.75) is 0 Å². The summed E-state index contributed by atoms with van der Waals surface area (Å²) >= 11 is 5.77. The molecule has 0 spiro atoms. The Hall–Kier alpha value is -3.12. The first-order chi connectivity index (χ1) is 12.0. The number of fused-ring (bicyclic) bond motifs is 1. The van der Waals surface area contributed by atoms with Crippen molar-refractivity contribution in [2.75, 3.05) is 0 Å². The van der Waals surface area contributed by atoms with Gasteiger partial charge >= 0.3 is 0 Å². The standard InChI is InChI=1S/C18H11ClFN3O2/c19-14-8-11(5-6-15(14)20)23-18(25)13(17(24)22-23)7-10-9-21-16-4-2-1-3-12(10)16/h1-9,25H,(H,22,24)/b10-7-. The number of hydrogen-bond donors (Lipinski definition) is 2. The highest BCUT2D eigenvalue weighted by molar-refractivity contribution is 6.30. The summed E-state index contributed by atoms with van der Waals surface area (Å²) in [6.07, 6.45) is 3.20. The number of rotatable bonds is 2. The molecule has 1 aliphatic heterocycles. The molecule has 1 aliphatic rings. The third-order valence-electron chi connectivity index (χ3n) is 3.93. The number of para-hydroxylation sites is 1. The van der Waals surface area contributed by atoms with Crippen molar-refractivity contribution >= 4 is 35.2 Å². The molecular weight excluding hydrogens is 345 g/mol. The van der Waals surface area contributed by atoms with Crippen LogP contribution in [0.4, 0.5) is 10.1 Å². The lowest BCUT2D eigenvalue weighted by Gasteiger charge is -2.05. The highest BCUT2D eigenvalue weighted by atomic mass is 35.5. The number of H-pyrrole nitrogens is 1. The summed E-state index contributed by atoms with van der Waals surface area (Å²) in [4.78, 5) is 16.5. The number of aromatic hydroxyl groups is 1. The van der Waals surface area contributed by atoms with Crippen LogP contribution in [0.25, 0.3) is 17.3 Å². The van der Waals surface area contributed by atoms with Crippen molar-refractivity contribution in [3.05, 3.63) is 74.8 Å². The highest BCUT2D eigenvalue weighted by Crippen LogP contribution is 2.33. The van der Waals surface area contributed by atoms with Crippen LogP contribution in [0.5, 0.6) is 5.88 Å². The van der Waals surface area contributed by atoms with Gasteiger partial charge in [-0.3, -0.25) is 14.9 Å². The average Bonchev–Trinajstić information content (AvgIpc) is 3.14. The molecule has 0 saturated heterocycles. The van der Waals surface area contributed by atoms with Gasteiger partial charge in [0.2, 0.25) is 5.88 Å². The van der Waals surface area contributed by atoms with Crippen molar-refractivity contribution in [1.82, 2.24) is 9.78 Å². The summed E-state index contributed by atoms with van der Waals surface area (Å²) in [5.74, 6) is -0.876. The summed E-state index contributed by atoms with van der Waals surface area (Å²) in [5.41, 5.74) is 2.33. The van der Waals surface area contributed by atoms with Crippen molar-refractivity contribution in [3.8, 4) is 11.6 Å². The van der Waals surface area contributed by atoms with Crippen molar-refractivity contribution in [1.29, 1.82) is 0 Å². The van der Waals surface area contributed by atoms with Crippen LogP contribution < -0.4 is 5.56 Å². The Kier molecular flexibility index (Phi) is 3.54. The van der Waals surface area contributed by atoms with Gasteiger partial charge in [0.15, 0.2) is 0 Å². The Morgan fingerprint density at radius 3 is 2.84 bits per heavy atom. The van der Waals surface area contributed by atoms with Crippen molar-refractivity contribution in [2.24, 2.45) is 4.99 Å². The fourth-order valence-electron chi connectivity index (χ4n) is 2.69. The van der Waals surface area contributed by atoms with E-state index in [1.54, 1.807) is 12.3 Å². The summed E-state index contributed by atoms with van der Waals surface area (Å²) in [5, 5.41) is 12.8. The van der Waals surface area contributed by atoms with E-state index in [-0.39, 0.29) is 16.5 Å². The Labute approximate surface area is 146 Å². The van der Waals surface area contributed by atoms with E-state index >= 15 is 0 Å². The van der Waals surface area contributed by atoms with Gasteiger partial charge in [-0.05, 0) is 30.3 Å². The number of nitrogens with zero attached hydrogens (tertiary/aromatic N) is 2. The molecule has 0 aliphatic carbocycles. The van der Waals surface area contributed by atoms with Crippen LogP contribution in [0.3, 0.4) is 0 Å². The quantitative estimate of drug-likeness (QED) is 0.731. The van der Waals surface area contributed by atoms with Crippen LogP contribution in [0.1, 0.15) is 11.1 Å². The maximum Gasteiger partial charge on any atom is 0.275 e. The Morgan fingerprint density at radius 2 is 2.04 bits per heavy atom. The number of aliphatic imine (C=N–C) groups is 1. The van der Waals surface area contributed by atoms with Gasteiger partial charge in [0.1, 0.15) is 11.4 Å². The lowest BCUT2D eigenvalue weighted by molar-refractivity contribution is 0.432. The molecule has 0 fully saturated rings. The fraction of sp³-hybridized carbons (Fsp3) is 0. The van der Waals surface area contributed by atoms with Gasteiger partial charge in [-0.1, -0.05) is 29.8 Å². The first-order valence-corrected chi connectivity index (χ1v) is 7.77. The second kappa shape index (κ2) is 5.75. The first kappa shape index (κ1) is 15.4. The summed E-state index contributed by atoms with van der Waals surface area (Å²) in [6.45, 7) is 0. The minimum atomic E-state index is -0.583. The number of aromatic nitrogens is 2. The predicted molar refractivity (Wildman–Crippen MR) is 95.5 cm³/mol. The van der Waals surface area contributed by atoms with E-state index in [4.69, 9.17) is 11.6 Å². The zero-order chi connectivity index (χ0) is 17.6. The van der Waals surface area contributed by atoms with Gasteiger partial charge in [-0.2, -0.15) is 0 Å². The zero-order valence-corrected chi connectivity index (χ0v) is 13.5. The Morgan fingerprint density at radius 1 is 1.24 bits per heavy atom. The van der Waals surface area contributed by atoms with Gasteiger partial charge in [0.25, 0.3) is 5.56 Å². The highest BCUT2D eigenvalue weighted by Gasteiger charge is 2.17. The van der Waals surface area contributed by atoms with E-state index in [9.17, 15) is 14.3 Å². The second-order valence-electron chi connectivity index (χ2n) is 5.49. The third-order valence-corrected chi connectivity index (χ3v) is 4.22. The number of benzene rings is 2. The molecule has 2 aromatic carbocycles. The molecule has 124 valence electrons. The maximum atomic E-state index is 13.3. The molecule has 0 unspecified atom stereocenters. The first-order valence-electron chi connectivity index (χ1n) is 7.39. The number of halogens is 2. The van der Waals surface area contributed by atoms with Gasteiger partial charge < -0.3 is 5.11 Å². The molecule has 25 heavy (non-hydrogen) atoms. The molecule has 1 aromatic heterocycles. The molecule has 0 saturated carbocycles. The van der Waals surface area contributed by atoms with Gasteiger partial charge in [-0.15, -0.1) is 0 Å². The third kappa shape index (κ3) is 2.56. The molecule has 2 heterocycles. The summed E-state index contributed by atoms with van der Waals surface area (Å²) in [6, 6.07) is 11.4. The number of aromatic amines is 1. The largest absolute Gasteiger partial charge is 0.493 e. The second-order valence-corrected chi connectivity index (χ2v) is 5.89. The molecule has 0 bridgehead atoms. The van der Waals surface area contributed by atoms with Crippen LogP contribution in [-0.4, -0.2) is 21.1 Å². The zero-order valence-electron chi connectivity index (χ0n) is 12.7. The van der Waals surface area contributed by atoms with Gasteiger partial charge in [0, 0.05) is 17.4 Å². The molecule has 7 heteroatoms. The van der Waals surface area contributed by atoms with Crippen molar-refractivity contribution in [3.63, 3.8) is 0 Å². The van der Waals surface area contributed by atoms with E-state index in [0.717, 1.165) is 22.0 Å². The Bertz CT molecular complexity index is 1110. The van der Waals surface area contributed by atoms with E-state index in [2.05, 4.69) is 10.1 Å². The maximum absolute atomic E-state index is 13.3. The lowest BCUT2D eigenvalue weighted by Crippen LogP contribution is -2.05. The number of nitrogens with one attached hydrogen (secondary N) is 1. The summed E-state index contributed by atoms with van der Waals surface area (Å²) < 4.78 is 14.5. The smallest absolute Gasteiger partial charge is 0.275 e. The van der Waals surface area contributed by atoms with Crippen LogP contribution in [0, 0.1) is 5.82 Å². The fourth-order valence-corrected chi connectivity index (χ4v) is 2.86. The molecule has 5 nitrogen and oxygen atoms in total. The number of hydrogen-bond acceptors (Lipinski definition) is 3. The minimum absolute atomic E-state index is 0.0820. The summed E-state index contributed by atoms with van der Waals surface area (Å²) in [7, 11) is 0. The molecule has 4 rings (SSSR count). The average molecular weight is 356 g/mol. The van der Waals surface area contributed by atoms with Gasteiger partial charge in [-0.25, -0.2) is 9.07 Å². The van der Waals surface area contributed by atoms with E-state index < -0.39 is 11.4 Å². The van der Waals surface area contributed by atoms with Crippen LogP contribution >= 0.6 is 11.6 Å².